The SMILES string of the molecule is CCOc1ccc(S(=O)(=O)N2CCCNCC2)cc1OCC.Cl. The highest BCUT2D eigenvalue weighted by molar-refractivity contribution is 7.89. The van der Waals surface area contributed by atoms with Gasteiger partial charge in [0, 0.05) is 25.7 Å². The molecule has 1 N–H and O–H groups in total. The minimum absolute atomic E-state index is 0. The van der Waals surface area contributed by atoms with Crippen molar-refractivity contribution in [3.05, 3.63) is 18.2 Å². The lowest BCUT2D eigenvalue weighted by Crippen LogP contribution is -2.34. The van der Waals surface area contributed by atoms with Crippen LogP contribution in [0.3, 0.4) is 0 Å². The highest BCUT2D eigenvalue weighted by atomic mass is 35.5. The average Bonchev–Trinajstić information content (AvgIpc) is 2.79. The molecule has 0 radical (unpaired) electrons. The third kappa shape index (κ3) is 4.97. The number of benzene rings is 1. The predicted molar refractivity (Wildman–Crippen MR) is 92.3 cm³/mol. The van der Waals surface area contributed by atoms with E-state index in [4.69, 9.17) is 9.47 Å². The normalized spacial score (nSPS) is 16.3. The lowest BCUT2D eigenvalue weighted by Gasteiger charge is -2.20. The van der Waals surface area contributed by atoms with Crippen molar-refractivity contribution < 1.29 is 17.9 Å². The molecule has 1 heterocycles. The minimum atomic E-state index is -3.50. The number of nitrogens with one attached hydrogen (secondary N) is 1. The lowest BCUT2D eigenvalue weighted by molar-refractivity contribution is 0.287. The van der Waals surface area contributed by atoms with E-state index in [1.54, 1.807) is 18.2 Å². The Morgan fingerprint density at radius 2 is 1.78 bits per heavy atom. The van der Waals surface area contributed by atoms with Crippen molar-refractivity contribution in [1.82, 2.24) is 9.62 Å². The van der Waals surface area contributed by atoms with Crippen molar-refractivity contribution in [2.24, 2.45) is 0 Å². The van der Waals surface area contributed by atoms with Crippen molar-refractivity contribution >= 4 is 22.4 Å². The maximum atomic E-state index is 12.8. The van der Waals surface area contributed by atoms with Crippen LogP contribution in [0.5, 0.6) is 11.5 Å². The van der Waals surface area contributed by atoms with Gasteiger partial charge in [-0.25, -0.2) is 8.42 Å². The van der Waals surface area contributed by atoms with E-state index < -0.39 is 10.0 Å². The monoisotopic (exact) mass is 364 g/mol. The third-order valence-electron chi connectivity index (χ3n) is 3.45. The molecule has 1 saturated heterocycles. The van der Waals surface area contributed by atoms with Crippen LogP contribution in [-0.4, -0.2) is 52.1 Å². The number of hydrogen-bond acceptors (Lipinski definition) is 5. The van der Waals surface area contributed by atoms with Gasteiger partial charge in [-0.05, 0) is 38.9 Å². The molecule has 0 aliphatic carbocycles. The molecule has 1 fully saturated rings. The molecule has 0 spiro atoms. The van der Waals surface area contributed by atoms with E-state index in [1.807, 2.05) is 13.8 Å². The molecule has 2 rings (SSSR count). The Hall–Kier alpha value is -1.02. The smallest absolute Gasteiger partial charge is 0.243 e. The first-order chi connectivity index (χ1) is 10.6. The average molecular weight is 365 g/mol. The topological polar surface area (TPSA) is 67.9 Å². The molecule has 132 valence electrons. The van der Waals surface area contributed by atoms with E-state index in [0.29, 0.717) is 44.3 Å². The van der Waals surface area contributed by atoms with E-state index in [1.165, 1.54) is 4.31 Å². The molecule has 1 aliphatic rings. The zero-order valence-electron chi connectivity index (χ0n) is 13.6. The summed E-state index contributed by atoms with van der Waals surface area (Å²) in [6.45, 7) is 7.24. The van der Waals surface area contributed by atoms with Gasteiger partial charge < -0.3 is 14.8 Å². The van der Waals surface area contributed by atoms with Crippen LogP contribution in [0.4, 0.5) is 0 Å². The molecule has 23 heavy (non-hydrogen) atoms. The zero-order valence-corrected chi connectivity index (χ0v) is 15.2. The predicted octanol–water partition coefficient (Wildman–Crippen LogP) is 1.89. The van der Waals surface area contributed by atoms with Gasteiger partial charge in [0.15, 0.2) is 11.5 Å². The largest absolute Gasteiger partial charge is 0.490 e. The molecule has 0 bridgehead atoms. The standard InChI is InChI=1S/C15H24N2O4S.ClH/c1-3-20-14-7-6-13(12-15(14)21-4-2)22(18,19)17-10-5-8-16-9-11-17;/h6-7,12,16H,3-5,8-11H2,1-2H3;1H. The van der Waals surface area contributed by atoms with Gasteiger partial charge in [-0.3, -0.25) is 0 Å². The molecule has 0 atom stereocenters. The summed E-state index contributed by atoms with van der Waals surface area (Å²) in [5.41, 5.74) is 0. The van der Waals surface area contributed by atoms with E-state index in [-0.39, 0.29) is 17.3 Å². The Balaban J connectivity index is 0.00000264. The van der Waals surface area contributed by atoms with Crippen LogP contribution in [-0.2, 0) is 10.0 Å². The second kappa shape index (κ2) is 9.32. The van der Waals surface area contributed by atoms with Gasteiger partial charge in [0.05, 0.1) is 18.1 Å². The van der Waals surface area contributed by atoms with E-state index >= 15 is 0 Å². The van der Waals surface area contributed by atoms with Crippen LogP contribution in [0, 0.1) is 0 Å². The highest BCUT2D eigenvalue weighted by Crippen LogP contribution is 2.31. The molecule has 1 aliphatic heterocycles. The number of sulfonamides is 1. The van der Waals surface area contributed by atoms with Crippen LogP contribution in [0.15, 0.2) is 23.1 Å². The van der Waals surface area contributed by atoms with Crippen molar-refractivity contribution in [1.29, 1.82) is 0 Å². The minimum Gasteiger partial charge on any atom is -0.490 e. The number of rotatable bonds is 6. The summed E-state index contributed by atoms with van der Waals surface area (Å²) in [5, 5.41) is 3.21. The maximum Gasteiger partial charge on any atom is 0.243 e. The molecule has 6 nitrogen and oxygen atoms in total. The Labute approximate surface area is 144 Å². The summed E-state index contributed by atoms with van der Waals surface area (Å²) in [7, 11) is -3.50. The number of nitrogens with zero attached hydrogens (tertiary/aromatic N) is 1. The van der Waals surface area contributed by atoms with E-state index in [9.17, 15) is 8.42 Å². The highest BCUT2D eigenvalue weighted by Gasteiger charge is 2.26. The fraction of sp³-hybridized carbons (Fsp3) is 0.600. The third-order valence-corrected chi connectivity index (χ3v) is 5.35. The summed E-state index contributed by atoms with van der Waals surface area (Å²) in [5.74, 6) is 1.04. The van der Waals surface area contributed by atoms with Crippen LogP contribution in [0.2, 0.25) is 0 Å². The molecule has 0 aromatic heterocycles. The van der Waals surface area contributed by atoms with E-state index in [0.717, 1.165) is 13.0 Å². The second-order valence-corrected chi connectivity index (χ2v) is 6.92. The lowest BCUT2D eigenvalue weighted by atomic mass is 10.3. The number of ether oxygens (including phenoxy) is 2. The van der Waals surface area contributed by atoms with Gasteiger partial charge in [-0.2, -0.15) is 4.31 Å². The quantitative estimate of drug-likeness (QED) is 0.834. The van der Waals surface area contributed by atoms with Crippen molar-refractivity contribution in [2.75, 3.05) is 39.4 Å². The van der Waals surface area contributed by atoms with Gasteiger partial charge in [-0.1, -0.05) is 0 Å². The fourth-order valence-corrected chi connectivity index (χ4v) is 3.90. The summed E-state index contributed by atoms with van der Waals surface area (Å²) >= 11 is 0. The Morgan fingerprint density at radius 1 is 1.09 bits per heavy atom. The Kier molecular flexibility index (Phi) is 8.11. The number of hydrogen-bond donors (Lipinski definition) is 1. The van der Waals surface area contributed by atoms with E-state index in [2.05, 4.69) is 5.32 Å². The second-order valence-electron chi connectivity index (χ2n) is 4.98. The first-order valence-electron chi connectivity index (χ1n) is 7.70. The molecule has 0 unspecified atom stereocenters. The fourth-order valence-electron chi connectivity index (χ4n) is 2.40. The van der Waals surface area contributed by atoms with Crippen LogP contribution >= 0.6 is 12.4 Å². The summed E-state index contributed by atoms with van der Waals surface area (Å²) in [6.07, 6.45) is 0.814. The molecular weight excluding hydrogens is 340 g/mol. The summed E-state index contributed by atoms with van der Waals surface area (Å²) in [6, 6.07) is 4.81. The first-order valence-corrected chi connectivity index (χ1v) is 9.14. The van der Waals surface area contributed by atoms with Gasteiger partial charge in [-0.15, -0.1) is 12.4 Å². The van der Waals surface area contributed by atoms with Crippen LogP contribution < -0.4 is 14.8 Å². The van der Waals surface area contributed by atoms with Crippen molar-refractivity contribution in [3.63, 3.8) is 0 Å². The molecular formula is C15H25ClN2O4S. The Bertz CT molecular complexity index is 587. The summed E-state index contributed by atoms with van der Waals surface area (Å²) < 4.78 is 38.1. The van der Waals surface area contributed by atoms with Gasteiger partial charge in [0.2, 0.25) is 10.0 Å². The van der Waals surface area contributed by atoms with Gasteiger partial charge >= 0.3 is 0 Å². The van der Waals surface area contributed by atoms with Crippen molar-refractivity contribution in [2.45, 2.75) is 25.2 Å². The Morgan fingerprint density at radius 3 is 2.48 bits per heavy atom. The molecule has 1 aromatic rings. The summed E-state index contributed by atoms with van der Waals surface area (Å²) in [4.78, 5) is 0.251. The molecule has 1 aromatic carbocycles. The molecule has 0 saturated carbocycles. The van der Waals surface area contributed by atoms with Crippen molar-refractivity contribution in [3.8, 4) is 11.5 Å². The molecule has 8 heteroatoms. The molecule has 0 amide bonds. The van der Waals surface area contributed by atoms with Gasteiger partial charge in [0.25, 0.3) is 0 Å². The number of halogens is 1. The maximum absolute atomic E-state index is 12.8. The first kappa shape index (κ1) is 20.0. The zero-order chi connectivity index (χ0) is 16.0. The van der Waals surface area contributed by atoms with Gasteiger partial charge in [0.1, 0.15) is 0 Å². The van der Waals surface area contributed by atoms with Crippen LogP contribution in [0.1, 0.15) is 20.3 Å². The van der Waals surface area contributed by atoms with Crippen LogP contribution in [0.25, 0.3) is 0 Å².